The van der Waals surface area contributed by atoms with Crippen LogP contribution >= 0.6 is 0 Å². The van der Waals surface area contributed by atoms with E-state index in [1.165, 1.54) is 0 Å². The largest absolute Gasteiger partial charge is 0.454 e. The van der Waals surface area contributed by atoms with Crippen LogP contribution in [0.1, 0.15) is 21.9 Å². The summed E-state index contributed by atoms with van der Waals surface area (Å²) in [5, 5.41) is 6.29. The molecule has 21 heavy (non-hydrogen) atoms. The summed E-state index contributed by atoms with van der Waals surface area (Å²) in [6.45, 7) is 1.09. The van der Waals surface area contributed by atoms with E-state index in [0.717, 1.165) is 5.56 Å². The van der Waals surface area contributed by atoms with Crippen LogP contribution in [0.3, 0.4) is 0 Å². The van der Waals surface area contributed by atoms with E-state index in [9.17, 15) is 4.79 Å². The van der Waals surface area contributed by atoms with E-state index in [0.29, 0.717) is 24.8 Å². The number of carbonyl (C=O) groups is 1. The molecule has 0 atom stereocenters. The average molecular weight is 286 g/mol. The highest BCUT2D eigenvalue weighted by molar-refractivity contribution is 5.89. The minimum Gasteiger partial charge on any atom is -0.454 e. The first-order valence-corrected chi connectivity index (χ1v) is 6.56. The Labute approximate surface area is 123 Å². The first-order valence-electron chi connectivity index (χ1n) is 6.56. The molecule has 1 aromatic carbocycles. The molecule has 0 aliphatic carbocycles. The van der Waals surface area contributed by atoms with Gasteiger partial charge in [0.05, 0.1) is 6.54 Å². The predicted octanol–water partition coefficient (Wildman–Crippen LogP) is 1.24. The maximum absolute atomic E-state index is 10.9. The maximum atomic E-state index is 10.9. The number of nitrogens with zero attached hydrogens (tertiary/aromatic N) is 1. The molecule has 0 radical (unpaired) electrons. The van der Waals surface area contributed by atoms with Crippen molar-refractivity contribution in [2.24, 2.45) is 10.7 Å². The van der Waals surface area contributed by atoms with Gasteiger partial charge in [0.2, 0.25) is 0 Å². The van der Waals surface area contributed by atoms with Crippen LogP contribution in [-0.2, 0) is 13.1 Å². The fraction of sp³-hybridized carbons (Fsp3) is 0.200. The molecule has 6 nitrogen and oxygen atoms in total. The Hall–Kier alpha value is -2.76. The van der Waals surface area contributed by atoms with Gasteiger partial charge in [-0.1, -0.05) is 30.3 Å². The number of guanidine groups is 1. The summed E-state index contributed by atoms with van der Waals surface area (Å²) >= 11 is 0. The van der Waals surface area contributed by atoms with Gasteiger partial charge in [-0.3, -0.25) is 9.79 Å². The molecule has 0 spiro atoms. The highest BCUT2D eigenvalue weighted by atomic mass is 16.3. The Kier molecular flexibility index (Phi) is 4.98. The van der Waals surface area contributed by atoms with Crippen molar-refractivity contribution in [1.82, 2.24) is 10.6 Å². The van der Waals surface area contributed by atoms with Crippen molar-refractivity contribution in [1.29, 1.82) is 0 Å². The van der Waals surface area contributed by atoms with E-state index < -0.39 is 5.91 Å². The zero-order chi connectivity index (χ0) is 15.1. The molecular formula is C15H18N4O2. The van der Waals surface area contributed by atoms with Gasteiger partial charge in [0.15, 0.2) is 11.7 Å². The Bertz CT molecular complexity index is 620. The van der Waals surface area contributed by atoms with E-state index in [4.69, 9.17) is 10.2 Å². The summed E-state index contributed by atoms with van der Waals surface area (Å²) in [6.07, 6.45) is 0. The second-order valence-electron chi connectivity index (χ2n) is 4.40. The minimum atomic E-state index is -0.576. The zero-order valence-corrected chi connectivity index (χ0v) is 11.8. The third-order valence-corrected chi connectivity index (χ3v) is 2.86. The lowest BCUT2D eigenvalue weighted by molar-refractivity contribution is 0.0972. The van der Waals surface area contributed by atoms with Gasteiger partial charge in [0.1, 0.15) is 5.76 Å². The molecule has 0 fully saturated rings. The first kappa shape index (κ1) is 14.6. The van der Waals surface area contributed by atoms with Crippen LogP contribution in [0.15, 0.2) is 51.9 Å². The van der Waals surface area contributed by atoms with Crippen LogP contribution in [0, 0.1) is 0 Å². The van der Waals surface area contributed by atoms with Crippen LogP contribution in [0.4, 0.5) is 0 Å². The van der Waals surface area contributed by atoms with Gasteiger partial charge in [-0.15, -0.1) is 0 Å². The quantitative estimate of drug-likeness (QED) is 0.569. The molecule has 0 bridgehead atoms. The number of nitrogens with two attached hydrogens (primary N) is 1. The van der Waals surface area contributed by atoms with Gasteiger partial charge in [-0.25, -0.2) is 0 Å². The van der Waals surface area contributed by atoms with Crippen LogP contribution in [-0.4, -0.2) is 18.9 Å². The van der Waals surface area contributed by atoms with Crippen molar-refractivity contribution >= 4 is 11.9 Å². The number of hydrogen-bond acceptors (Lipinski definition) is 3. The van der Waals surface area contributed by atoms with Gasteiger partial charge < -0.3 is 20.8 Å². The van der Waals surface area contributed by atoms with Crippen LogP contribution < -0.4 is 16.4 Å². The first-order chi connectivity index (χ1) is 10.2. The van der Waals surface area contributed by atoms with E-state index in [2.05, 4.69) is 15.6 Å². The third-order valence-electron chi connectivity index (χ3n) is 2.86. The highest BCUT2D eigenvalue weighted by Gasteiger charge is 2.07. The zero-order valence-electron chi connectivity index (χ0n) is 11.8. The van der Waals surface area contributed by atoms with Crippen molar-refractivity contribution in [3.8, 4) is 0 Å². The van der Waals surface area contributed by atoms with Gasteiger partial charge in [-0.05, 0) is 17.7 Å². The highest BCUT2D eigenvalue weighted by Crippen LogP contribution is 2.06. The van der Waals surface area contributed by atoms with Crippen molar-refractivity contribution in [2.45, 2.75) is 13.1 Å². The number of amides is 1. The molecule has 0 saturated heterocycles. The summed E-state index contributed by atoms with van der Waals surface area (Å²) in [4.78, 5) is 15.1. The smallest absolute Gasteiger partial charge is 0.284 e. The Morgan fingerprint density at radius 1 is 1.14 bits per heavy atom. The fourth-order valence-corrected chi connectivity index (χ4v) is 1.78. The second-order valence-corrected chi connectivity index (χ2v) is 4.40. The third kappa shape index (κ3) is 4.38. The molecule has 2 rings (SSSR count). The van der Waals surface area contributed by atoms with E-state index in [1.807, 2.05) is 30.3 Å². The number of primary amides is 1. The maximum Gasteiger partial charge on any atom is 0.284 e. The fourth-order valence-electron chi connectivity index (χ4n) is 1.78. The molecule has 1 heterocycles. The lowest BCUT2D eigenvalue weighted by atomic mass is 10.2. The summed E-state index contributed by atoms with van der Waals surface area (Å²) in [5.41, 5.74) is 6.29. The number of aliphatic imine (C=N–C) groups is 1. The molecule has 1 aromatic heterocycles. The monoisotopic (exact) mass is 286 g/mol. The predicted molar refractivity (Wildman–Crippen MR) is 80.7 cm³/mol. The molecule has 0 unspecified atom stereocenters. The second kappa shape index (κ2) is 7.14. The topological polar surface area (TPSA) is 92.6 Å². The van der Waals surface area contributed by atoms with E-state index >= 15 is 0 Å². The molecule has 4 N–H and O–H groups in total. The van der Waals surface area contributed by atoms with Gasteiger partial charge in [0, 0.05) is 13.6 Å². The molecule has 0 aliphatic rings. The number of nitrogens with one attached hydrogen (secondary N) is 2. The molecule has 110 valence electrons. The Morgan fingerprint density at radius 3 is 2.48 bits per heavy atom. The number of benzene rings is 1. The lowest BCUT2D eigenvalue weighted by Gasteiger charge is -2.10. The molecule has 2 aromatic rings. The standard InChI is InChI=1S/C15H18N4O2/c1-17-15(18-9-11-5-3-2-4-6-11)19-10-12-7-8-13(21-12)14(16)20/h2-8H,9-10H2,1H3,(H2,16,20)(H2,17,18,19). The summed E-state index contributed by atoms with van der Waals surface area (Å²) in [5.74, 6) is 0.842. The Morgan fingerprint density at radius 2 is 1.86 bits per heavy atom. The van der Waals surface area contributed by atoms with Crippen LogP contribution in [0.25, 0.3) is 0 Å². The van der Waals surface area contributed by atoms with Crippen molar-refractivity contribution < 1.29 is 9.21 Å². The van der Waals surface area contributed by atoms with Gasteiger partial charge in [-0.2, -0.15) is 0 Å². The Balaban J connectivity index is 1.83. The normalized spacial score (nSPS) is 11.2. The van der Waals surface area contributed by atoms with Crippen molar-refractivity contribution in [2.75, 3.05) is 7.05 Å². The molecular weight excluding hydrogens is 268 g/mol. The minimum absolute atomic E-state index is 0.152. The van der Waals surface area contributed by atoms with Gasteiger partial charge in [0.25, 0.3) is 5.91 Å². The van der Waals surface area contributed by atoms with Crippen LogP contribution in [0.2, 0.25) is 0 Å². The summed E-state index contributed by atoms with van der Waals surface area (Å²) in [6, 6.07) is 13.3. The molecule has 6 heteroatoms. The molecule has 0 saturated carbocycles. The van der Waals surface area contributed by atoms with E-state index in [1.54, 1.807) is 19.2 Å². The number of furan rings is 1. The van der Waals surface area contributed by atoms with Crippen molar-refractivity contribution in [3.63, 3.8) is 0 Å². The van der Waals surface area contributed by atoms with Crippen molar-refractivity contribution in [3.05, 3.63) is 59.5 Å². The summed E-state index contributed by atoms with van der Waals surface area (Å²) in [7, 11) is 1.69. The summed E-state index contributed by atoms with van der Waals surface area (Å²) < 4.78 is 5.28. The lowest BCUT2D eigenvalue weighted by Crippen LogP contribution is -2.36. The van der Waals surface area contributed by atoms with Crippen LogP contribution in [0.5, 0.6) is 0 Å². The SMILES string of the molecule is CN=C(NCc1ccccc1)NCc1ccc(C(N)=O)o1. The molecule has 1 amide bonds. The number of carbonyl (C=O) groups excluding carboxylic acids is 1. The molecule has 0 aliphatic heterocycles. The van der Waals surface area contributed by atoms with Gasteiger partial charge >= 0.3 is 0 Å². The number of hydrogen-bond donors (Lipinski definition) is 3. The number of rotatable bonds is 5. The van der Waals surface area contributed by atoms with E-state index in [-0.39, 0.29) is 5.76 Å². The average Bonchev–Trinajstić information content (AvgIpc) is 2.98.